The molecule has 2 aromatic carbocycles. The number of rotatable bonds is 4. The summed E-state index contributed by atoms with van der Waals surface area (Å²) in [6.45, 7) is 0. The molecule has 0 saturated carbocycles. The molecule has 1 amide bonds. The third-order valence-corrected chi connectivity index (χ3v) is 3.81. The first-order chi connectivity index (χ1) is 12.3. The molecule has 3 aromatic rings. The third-order valence-electron chi connectivity index (χ3n) is 3.81. The molecule has 8 nitrogen and oxygen atoms in total. The van der Waals surface area contributed by atoms with Gasteiger partial charge in [0.2, 0.25) is 0 Å². The average molecular weight is 353 g/mol. The number of nitrogens with zero attached hydrogens (tertiary/aromatic N) is 2. The van der Waals surface area contributed by atoms with E-state index in [9.17, 15) is 19.7 Å². The molecule has 132 valence electrons. The van der Waals surface area contributed by atoms with Crippen LogP contribution < -0.4 is 15.8 Å². The molecule has 0 radical (unpaired) electrons. The zero-order valence-electron chi connectivity index (χ0n) is 14.1. The van der Waals surface area contributed by atoms with Gasteiger partial charge in [0.05, 0.1) is 4.92 Å². The summed E-state index contributed by atoms with van der Waals surface area (Å²) in [5, 5.41) is 13.8. The van der Waals surface area contributed by atoms with Gasteiger partial charge in [0.1, 0.15) is 11.1 Å². The molecule has 0 saturated heterocycles. The molecular formula is C18H15N3O5. The molecule has 8 heteroatoms. The smallest absolute Gasteiger partial charge is 0.349 e. The summed E-state index contributed by atoms with van der Waals surface area (Å²) in [6.07, 6.45) is 0. The number of hydrogen-bond acceptors (Lipinski definition) is 6. The molecule has 0 bridgehead atoms. The van der Waals surface area contributed by atoms with Crippen molar-refractivity contribution in [2.75, 3.05) is 24.3 Å². The molecule has 0 fully saturated rings. The van der Waals surface area contributed by atoms with Crippen LogP contribution in [-0.2, 0) is 0 Å². The molecule has 0 unspecified atom stereocenters. The Labute approximate surface area is 147 Å². The van der Waals surface area contributed by atoms with Crippen LogP contribution in [0.3, 0.4) is 0 Å². The Morgan fingerprint density at radius 2 is 1.81 bits per heavy atom. The lowest BCUT2D eigenvalue weighted by Gasteiger charge is -2.13. The quantitative estimate of drug-likeness (QED) is 0.439. The fourth-order valence-corrected chi connectivity index (χ4v) is 2.42. The molecule has 1 aromatic heterocycles. The van der Waals surface area contributed by atoms with Gasteiger partial charge >= 0.3 is 5.63 Å². The highest BCUT2D eigenvalue weighted by Crippen LogP contribution is 2.21. The van der Waals surface area contributed by atoms with Crippen LogP contribution in [0, 0.1) is 10.1 Å². The van der Waals surface area contributed by atoms with E-state index in [2.05, 4.69) is 5.32 Å². The maximum absolute atomic E-state index is 12.4. The largest absolute Gasteiger partial charge is 0.422 e. The Balaban J connectivity index is 1.93. The van der Waals surface area contributed by atoms with E-state index in [1.54, 1.807) is 12.1 Å². The van der Waals surface area contributed by atoms with Gasteiger partial charge in [-0.15, -0.1) is 0 Å². The van der Waals surface area contributed by atoms with Crippen LogP contribution in [0.25, 0.3) is 11.0 Å². The number of fused-ring (bicyclic) bond motifs is 1. The van der Waals surface area contributed by atoms with Gasteiger partial charge in [-0.2, -0.15) is 0 Å². The number of nitro benzene ring substituents is 1. The van der Waals surface area contributed by atoms with Crippen LogP contribution in [0.1, 0.15) is 10.4 Å². The van der Waals surface area contributed by atoms with Gasteiger partial charge < -0.3 is 14.6 Å². The van der Waals surface area contributed by atoms with E-state index in [1.807, 2.05) is 31.1 Å². The van der Waals surface area contributed by atoms with Gasteiger partial charge in [0.25, 0.3) is 11.6 Å². The topological polar surface area (TPSA) is 106 Å². The van der Waals surface area contributed by atoms with Gasteiger partial charge in [-0.1, -0.05) is 0 Å². The molecule has 0 spiro atoms. The maximum Gasteiger partial charge on any atom is 0.349 e. The monoisotopic (exact) mass is 353 g/mol. The van der Waals surface area contributed by atoms with Crippen molar-refractivity contribution in [2.24, 2.45) is 0 Å². The van der Waals surface area contributed by atoms with E-state index in [0.717, 1.165) is 5.69 Å². The van der Waals surface area contributed by atoms with Gasteiger partial charge in [-0.05, 0) is 36.4 Å². The van der Waals surface area contributed by atoms with Crippen molar-refractivity contribution in [3.63, 3.8) is 0 Å². The normalized spacial score (nSPS) is 10.5. The lowest BCUT2D eigenvalue weighted by Crippen LogP contribution is -2.20. The first kappa shape index (κ1) is 17.2. The minimum atomic E-state index is -0.811. The molecule has 0 atom stereocenters. The highest BCUT2D eigenvalue weighted by molar-refractivity contribution is 6.05. The second-order valence-corrected chi connectivity index (χ2v) is 5.82. The Bertz CT molecular complexity index is 1050. The summed E-state index contributed by atoms with van der Waals surface area (Å²) in [4.78, 5) is 36.7. The zero-order valence-corrected chi connectivity index (χ0v) is 14.1. The number of nitrogens with one attached hydrogen (secondary N) is 1. The summed E-state index contributed by atoms with van der Waals surface area (Å²) in [5.41, 5.74) is 0.451. The van der Waals surface area contributed by atoms with Crippen molar-refractivity contribution in [1.82, 2.24) is 0 Å². The number of non-ortho nitro benzene ring substituents is 1. The fraction of sp³-hybridized carbons (Fsp3) is 0.111. The van der Waals surface area contributed by atoms with Crippen molar-refractivity contribution >= 4 is 33.9 Å². The predicted molar refractivity (Wildman–Crippen MR) is 97.9 cm³/mol. The van der Waals surface area contributed by atoms with Crippen molar-refractivity contribution in [1.29, 1.82) is 0 Å². The lowest BCUT2D eigenvalue weighted by molar-refractivity contribution is -0.384. The van der Waals surface area contributed by atoms with Crippen LogP contribution in [-0.4, -0.2) is 24.9 Å². The SMILES string of the molecule is CN(C)c1ccc(NC(=O)c2cc3cc([N+](=O)[O-])ccc3oc2=O)cc1. The molecule has 1 N–H and O–H groups in total. The van der Waals surface area contributed by atoms with E-state index in [-0.39, 0.29) is 16.8 Å². The predicted octanol–water partition coefficient (Wildman–Crippen LogP) is 3.02. The van der Waals surface area contributed by atoms with Gasteiger partial charge in [-0.3, -0.25) is 14.9 Å². The number of benzene rings is 2. The van der Waals surface area contributed by atoms with Crippen LogP contribution in [0.2, 0.25) is 0 Å². The molecule has 0 aliphatic heterocycles. The minimum absolute atomic E-state index is 0.156. The second-order valence-electron chi connectivity index (χ2n) is 5.82. The standard InChI is InChI=1S/C18H15N3O5/c1-20(2)13-5-3-12(4-6-13)19-17(22)15-10-11-9-14(21(24)25)7-8-16(11)26-18(15)23/h3-10H,1-2H3,(H,19,22). The molecule has 0 aliphatic carbocycles. The summed E-state index contributed by atoms with van der Waals surface area (Å²) in [7, 11) is 3.79. The van der Waals surface area contributed by atoms with E-state index in [0.29, 0.717) is 11.1 Å². The third kappa shape index (κ3) is 3.39. The maximum atomic E-state index is 12.4. The zero-order chi connectivity index (χ0) is 18.8. The van der Waals surface area contributed by atoms with E-state index in [1.165, 1.54) is 24.3 Å². The van der Waals surface area contributed by atoms with Crippen molar-refractivity contribution in [3.05, 3.63) is 74.6 Å². The van der Waals surface area contributed by atoms with Crippen LogP contribution in [0.4, 0.5) is 17.1 Å². The number of hydrogen-bond donors (Lipinski definition) is 1. The summed E-state index contributed by atoms with van der Waals surface area (Å²) in [6, 6.07) is 12.2. The molecule has 1 heterocycles. The summed E-state index contributed by atoms with van der Waals surface area (Å²) < 4.78 is 5.09. The summed E-state index contributed by atoms with van der Waals surface area (Å²) >= 11 is 0. The number of carbonyl (C=O) groups is 1. The number of amides is 1. The van der Waals surface area contributed by atoms with Crippen molar-refractivity contribution in [3.8, 4) is 0 Å². The van der Waals surface area contributed by atoms with Crippen LogP contribution in [0.15, 0.2) is 57.7 Å². The lowest BCUT2D eigenvalue weighted by atomic mass is 10.1. The van der Waals surface area contributed by atoms with Gasteiger partial charge in [0, 0.05) is 43.0 Å². The van der Waals surface area contributed by atoms with Gasteiger partial charge in [0.15, 0.2) is 0 Å². The fourth-order valence-electron chi connectivity index (χ4n) is 2.42. The summed E-state index contributed by atoms with van der Waals surface area (Å²) in [5.74, 6) is -0.648. The molecular weight excluding hydrogens is 338 g/mol. The van der Waals surface area contributed by atoms with E-state index < -0.39 is 16.5 Å². The Morgan fingerprint density at radius 1 is 1.12 bits per heavy atom. The highest BCUT2D eigenvalue weighted by atomic mass is 16.6. The molecule has 3 rings (SSSR count). The van der Waals surface area contributed by atoms with Gasteiger partial charge in [-0.25, -0.2) is 4.79 Å². The molecule has 26 heavy (non-hydrogen) atoms. The van der Waals surface area contributed by atoms with Crippen LogP contribution in [0.5, 0.6) is 0 Å². The van der Waals surface area contributed by atoms with Crippen LogP contribution >= 0.6 is 0 Å². The second kappa shape index (κ2) is 6.67. The number of nitro groups is 1. The molecule has 0 aliphatic rings. The Morgan fingerprint density at radius 3 is 2.42 bits per heavy atom. The first-order valence-electron chi connectivity index (χ1n) is 7.66. The van der Waals surface area contributed by atoms with Crippen molar-refractivity contribution in [2.45, 2.75) is 0 Å². The minimum Gasteiger partial charge on any atom is -0.422 e. The van der Waals surface area contributed by atoms with E-state index >= 15 is 0 Å². The highest BCUT2D eigenvalue weighted by Gasteiger charge is 2.16. The number of anilines is 2. The Hall–Kier alpha value is -3.68. The van der Waals surface area contributed by atoms with E-state index in [4.69, 9.17) is 4.42 Å². The van der Waals surface area contributed by atoms with Crippen molar-refractivity contribution < 1.29 is 14.1 Å². The Kier molecular flexibility index (Phi) is 4.40. The average Bonchev–Trinajstić information content (AvgIpc) is 2.61. The first-order valence-corrected chi connectivity index (χ1v) is 7.66. The number of carbonyl (C=O) groups excluding carboxylic acids is 1.